The van der Waals surface area contributed by atoms with Gasteiger partial charge in [-0.15, -0.1) is 12.4 Å². The van der Waals surface area contributed by atoms with Crippen molar-refractivity contribution in [3.63, 3.8) is 0 Å². The van der Waals surface area contributed by atoms with Crippen LogP contribution in [0.3, 0.4) is 0 Å². The Labute approximate surface area is 133 Å². The standard InChI is InChI=1S/C15H23ClN2O.ClH/c1-18(10-12-4-3-7-17-9-12)11-13-8-14(16)5-6-15(13)19-2;/h5-6,8,12,17H,3-4,7,9-11H2,1-2H3;1H. The summed E-state index contributed by atoms with van der Waals surface area (Å²) in [6.07, 6.45) is 2.61. The van der Waals surface area contributed by atoms with Crippen molar-refractivity contribution in [2.24, 2.45) is 5.92 Å². The number of hydrogen-bond donors (Lipinski definition) is 1. The van der Waals surface area contributed by atoms with Crippen molar-refractivity contribution in [3.05, 3.63) is 28.8 Å². The fourth-order valence-corrected chi connectivity index (χ4v) is 2.94. The van der Waals surface area contributed by atoms with Gasteiger partial charge in [-0.25, -0.2) is 0 Å². The van der Waals surface area contributed by atoms with Crippen LogP contribution < -0.4 is 10.1 Å². The molecule has 1 saturated heterocycles. The lowest BCUT2D eigenvalue weighted by atomic mass is 9.99. The van der Waals surface area contributed by atoms with Gasteiger partial charge in [0.15, 0.2) is 0 Å². The number of nitrogens with one attached hydrogen (secondary N) is 1. The van der Waals surface area contributed by atoms with Gasteiger partial charge >= 0.3 is 0 Å². The Bertz CT molecular complexity index is 409. The van der Waals surface area contributed by atoms with E-state index in [1.54, 1.807) is 7.11 Å². The molecule has 3 nitrogen and oxygen atoms in total. The lowest BCUT2D eigenvalue weighted by molar-refractivity contribution is 0.235. The molecule has 1 aromatic carbocycles. The minimum absolute atomic E-state index is 0. The number of ether oxygens (including phenoxy) is 1. The average molecular weight is 319 g/mol. The molecule has 114 valence electrons. The normalized spacial score (nSPS) is 18.7. The Hall–Kier alpha value is -0.480. The third-order valence-electron chi connectivity index (χ3n) is 3.65. The van der Waals surface area contributed by atoms with E-state index in [1.807, 2.05) is 18.2 Å². The van der Waals surface area contributed by atoms with Gasteiger partial charge in [0.25, 0.3) is 0 Å². The monoisotopic (exact) mass is 318 g/mol. The number of halogens is 2. The molecule has 0 bridgehead atoms. The molecule has 0 aromatic heterocycles. The summed E-state index contributed by atoms with van der Waals surface area (Å²) in [7, 11) is 3.87. The first-order valence-corrected chi connectivity index (χ1v) is 7.28. The highest BCUT2D eigenvalue weighted by atomic mass is 35.5. The zero-order valence-electron chi connectivity index (χ0n) is 12.2. The Morgan fingerprint density at radius 2 is 2.25 bits per heavy atom. The number of rotatable bonds is 5. The van der Waals surface area contributed by atoms with Crippen molar-refractivity contribution in [1.29, 1.82) is 0 Å². The summed E-state index contributed by atoms with van der Waals surface area (Å²) in [5.41, 5.74) is 1.15. The van der Waals surface area contributed by atoms with E-state index < -0.39 is 0 Å². The van der Waals surface area contributed by atoms with Crippen LogP contribution in [0, 0.1) is 5.92 Å². The number of hydrogen-bond acceptors (Lipinski definition) is 3. The van der Waals surface area contributed by atoms with Crippen LogP contribution in [-0.4, -0.2) is 38.7 Å². The van der Waals surface area contributed by atoms with Gasteiger partial charge in [0, 0.05) is 23.7 Å². The summed E-state index contributed by atoms with van der Waals surface area (Å²) in [4.78, 5) is 2.35. The zero-order valence-corrected chi connectivity index (χ0v) is 13.8. The molecule has 1 unspecified atom stereocenters. The number of nitrogens with zero attached hydrogens (tertiary/aromatic N) is 1. The summed E-state index contributed by atoms with van der Waals surface area (Å²) < 4.78 is 5.39. The first kappa shape index (κ1) is 17.6. The van der Waals surface area contributed by atoms with Crippen LogP contribution in [0.2, 0.25) is 5.02 Å². The van der Waals surface area contributed by atoms with Crippen LogP contribution in [0.5, 0.6) is 5.75 Å². The summed E-state index contributed by atoms with van der Waals surface area (Å²) >= 11 is 6.07. The second kappa shape index (κ2) is 8.73. The van der Waals surface area contributed by atoms with Gasteiger partial charge in [0.1, 0.15) is 5.75 Å². The molecule has 1 atom stereocenters. The molecule has 5 heteroatoms. The van der Waals surface area contributed by atoms with Crippen molar-refractivity contribution >= 4 is 24.0 Å². The third kappa shape index (κ3) is 5.13. The van der Waals surface area contributed by atoms with E-state index in [0.717, 1.165) is 41.9 Å². The molecule has 1 aromatic rings. The molecule has 0 radical (unpaired) electrons. The van der Waals surface area contributed by atoms with Crippen LogP contribution in [0.25, 0.3) is 0 Å². The molecule has 2 rings (SSSR count). The molecule has 20 heavy (non-hydrogen) atoms. The number of piperidine rings is 1. The van der Waals surface area contributed by atoms with Gasteiger partial charge in [-0.3, -0.25) is 0 Å². The molecule has 1 aliphatic rings. The summed E-state index contributed by atoms with van der Waals surface area (Å²) in [5, 5.41) is 4.23. The lowest BCUT2D eigenvalue weighted by Crippen LogP contribution is -2.36. The molecule has 1 fully saturated rings. The highest BCUT2D eigenvalue weighted by molar-refractivity contribution is 6.30. The largest absolute Gasteiger partial charge is 0.496 e. The van der Waals surface area contributed by atoms with E-state index in [0.29, 0.717) is 0 Å². The van der Waals surface area contributed by atoms with E-state index in [-0.39, 0.29) is 12.4 Å². The zero-order chi connectivity index (χ0) is 13.7. The molecule has 1 heterocycles. The Kier molecular flexibility index (Phi) is 7.67. The van der Waals surface area contributed by atoms with Gasteiger partial charge in [-0.1, -0.05) is 11.6 Å². The van der Waals surface area contributed by atoms with Gasteiger partial charge in [0.05, 0.1) is 7.11 Å². The SMILES string of the molecule is COc1ccc(Cl)cc1CN(C)CC1CCCNC1.Cl. The van der Waals surface area contributed by atoms with Crippen molar-refractivity contribution in [2.75, 3.05) is 33.8 Å². The first-order valence-electron chi connectivity index (χ1n) is 6.90. The fourth-order valence-electron chi connectivity index (χ4n) is 2.75. The Morgan fingerprint density at radius 1 is 1.45 bits per heavy atom. The average Bonchev–Trinajstić information content (AvgIpc) is 2.40. The summed E-state index contributed by atoms with van der Waals surface area (Å²) in [6.45, 7) is 4.29. The smallest absolute Gasteiger partial charge is 0.123 e. The van der Waals surface area contributed by atoms with E-state index in [1.165, 1.54) is 19.4 Å². The minimum Gasteiger partial charge on any atom is -0.496 e. The maximum Gasteiger partial charge on any atom is 0.123 e. The highest BCUT2D eigenvalue weighted by Gasteiger charge is 2.16. The number of benzene rings is 1. The van der Waals surface area contributed by atoms with E-state index in [9.17, 15) is 0 Å². The lowest BCUT2D eigenvalue weighted by Gasteiger charge is -2.28. The molecule has 0 aliphatic carbocycles. The molecular formula is C15H24Cl2N2O. The van der Waals surface area contributed by atoms with Gasteiger partial charge in [-0.05, 0) is 57.1 Å². The Balaban J connectivity index is 0.00000200. The van der Waals surface area contributed by atoms with Crippen LogP contribution in [0.1, 0.15) is 18.4 Å². The molecule has 0 spiro atoms. The van der Waals surface area contributed by atoms with Crippen LogP contribution in [0.15, 0.2) is 18.2 Å². The second-order valence-corrected chi connectivity index (χ2v) is 5.80. The summed E-state index contributed by atoms with van der Waals surface area (Å²) in [5.74, 6) is 1.67. The van der Waals surface area contributed by atoms with Gasteiger partial charge in [0.2, 0.25) is 0 Å². The van der Waals surface area contributed by atoms with Crippen molar-refractivity contribution in [2.45, 2.75) is 19.4 Å². The third-order valence-corrected chi connectivity index (χ3v) is 3.89. The predicted octanol–water partition coefficient (Wildman–Crippen LogP) is 3.20. The van der Waals surface area contributed by atoms with E-state index in [4.69, 9.17) is 16.3 Å². The van der Waals surface area contributed by atoms with E-state index in [2.05, 4.69) is 17.3 Å². The van der Waals surface area contributed by atoms with Crippen molar-refractivity contribution < 1.29 is 4.74 Å². The molecule has 0 amide bonds. The minimum atomic E-state index is 0. The maximum absolute atomic E-state index is 6.07. The Morgan fingerprint density at radius 3 is 2.90 bits per heavy atom. The van der Waals surface area contributed by atoms with Gasteiger partial charge in [-0.2, -0.15) is 0 Å². The van der Waals surface area contributed by atoms with E-state index >= 15 is 0 Å². The van der Waals surface area contributed by atoms with Crippen LogP contribution in [-0.2, 0) is 6.54 Å². The maximum atomic E-state index is 6.07. The molecule has 1 aliphatic heterocycles. The molecule has 0 saturated carbocycles. The number of methoxy groups -OCH3 is 1. The topological polar surface area (TPSA) is 24.5 Å². The molecular weight excluding hydrogens is 295 g/mol. The van der Waals surface area contributed by atoms with Crippen LogP contribution in [0.4, 0.5) is 0 Å². The first-order chi connectivity index (χ1) is 9.19. The van der Waals surface area contributed by atoms with Crippen molar-refractivity contribution in [1.82, 2.24) is 10.2 Å². The fraction of sp³-hybridized carbons (Fsp3) is 0.600. The second-order valence-electron chi connectivity index (χ2n) is 5.37. The van der Waals surface area contributed by atoms with Crippen molar-refractivity contribution in [3.8, 4) is 5.75 Å². The summed E-state index contributed by atoms with van der Waals surface area (Å²) in [6, 6.07) is 5.80. The predicted molar refractivity (Wildman–Crippen MR) is 87.2 cm³/mol. The highest BCUT2D eigenvalue weighted by Crippen LogP contribution is 2.24. The van der Waals surface area contributed by atoms with Crippen LogP contribution >= 0.6 is 24.0 Å². The van der Waals surface area contributed by atoms with Gasteiger partial charge < -0.3 is 15.0 Å². The quantitative estimate of drug-likeness (QED) is 0.902. The molecule has 1 N–H and O–H groups in total.